The number of nitrogens with zero attached hydrogens (tertiary/aromatic N) is 2. The fourth-order valence-electron chi connectivity index (χ4n) is 3.22. The third-order valence-corrected chi connectivity index (χ3v) is 5.44. The van der Waals surface area contributed by atoms with Crippen LogP contribution in [0, 0.1) is 6.92 Å². The molecule has 1 atom stereocenters. The van der Waals surface area contributed by atoms with Gasteiger partial charge in [0.2, 0.25) is 0 Å². The van der Waals surface area contributed by atoms with E-state index in [-0.39, 0.29) is 11.8 Å². The number of rotatable bonds is 2. The predicted octanol–water partition coefficient (Wildman–Crippen LogP) is 3.73. The summed E-state index contributed by atoms with van der Waals surface area (Å²) in [6.45, 7) is 4.29. The van der Waals surface area contributed by atoms with Gasteiger partial charge in [-0.25, -0.2) is 0 Å². The summed E-state index contributed by atoms with van der Waals surface area (Å²) in [5.41, 5.74) is 2.39. The zero-order chi connectivity index (χ0) is 18.7. The second-order valence-electron chi connectivity index (χ2n) is 6.71. The van der Waals surface area contributed by atoms with Gasteiger partial charge in [-0.3, -0.25) is 9.59 Å². The maximum Gasteiger partial charge on any atom is 0.253 e. The minimum Gasteiger partial charge on any atom is -0.337 e. The van der Waals surface area contributed by atoms with Crippen LogP contribution in [0.1, 0.15) is 28.8 Å². The fourth-order valence-corrected chi connectivity index (χ4v) is 3.85. The zero-order valence-corrected chi connectivity index (χ0v) is 16.3. The minimum absolute atomic E-state index is 0.0149. The number of aryl methyl sites for hydroxylation is 1. The second kappa shape index (κ2) is 8.28. The largest absolute Gasteiger partial charge is 0.337 e. The van der Waals surface area contributed by atoms with E-state index in [2.05, 4.69) is 0 Å². The van der Waals surface area contributed by atoms with Crippen molar-refractivity contribution in [3.8, 4) is 0 Å². The van der Waals surface area contributed by atoms with E-state index in [0.717, 1.165) is 12.0 Å². The van der Waals surface area contributed by atoms with E-state index in [1.165, 1.54) is 0 Å². The SMILES string of the molecule is Cc1ccc(C(=O)N2CCCN(C(=O)C3=CC=C(Cl)C[C@@H]3Cl)CC2)cc1. The Morgan fingerprint density at radius 3 is 2.19 bits per heavy atom. The lowest BCUT2D eigenvalue weighted by Gasteiger charge is -2.25. The Balaban J connectivity index is 1.65. The smallest absolute Gasteiger partial charge is 0.253 e. The van der Waals surface area contributed by atoms with Crippen LogP contribution >= 0.6 is 23.2 Å². The molecule has 1 fully saturated rings. The van der Waals surface area contributed by atoms with Gasteiger partial charge in [0.05, 0.1) is 5.38 Å². The van der Waals surface area contributed by atoms with Gasteiger partial charge in [-0.05, 0) is 31.6 Å². The highest BCUT2D eigenvalue weighted by molar-refractivity contribution is 6.32. The Hall–Kier alpha value is -1.78. The van der Waals surface area contributed by atoms with Crippen molar-refractivity contribution < 1.29 is 9.59 Å². The third-order valence-electron chi connectivity index (χ3n) is 4.77. The van der Waals surface area contributed by atoms with Crippen molar-refractivity contribution in [1.82, 2.24) is 9.80 Å². The molecule has 1 heterocycles. The molecule has 0 N–H and O–H groups in total. The molecule has 26 heavy (non-hydrogen) atoms. The van der Waals surface area contributed by atoms with E-state index in [9.17, 15) is 9.59 Å². The van der Waals surface area contributed by atoms with Crippen LogP contribution in [0.2, 0.25) is 0 Å². The molecule has 6 heteroatoms. The third kappa shape index (κ3) is 4.30. The lowest BCUT2D eigenvalue weighted by atomic mass is 10.0. The quantitative estimate of drug-likeness (QED) is 0.719. The molecule has 1 saturated heterocycles. The molecule has 2 aliphatic rings. The molecule has 2 amide bonds. The maximum atomic E-state index is 12.8. The molecule has 1 aromatic rings. The van der Waals surface area contributed by atoms with Crippen LogP contribution in [0.15, 0.2) is 47.0 Å². The van der Waals surface area contributed by atoms with E-state index in [1.54, 1.807) is 17.1 Å². The molecule has 138 valence electrons. The molecule has 3 rings (SSSR count). The molecule has 1 aromatic carbocycles. The van der Waals surface area contributed by atoms with E-state index in [4.69, 9.17) is 23.2 Å². The molecule has 0 aromatic heterocycles. The lowest BCUT2D eigenvalue weighted by Crippen LogP contribution is -2.39. The first-order valence-electron chi connectivity index (χ1n) is 8.81. The Bertz CT molecular complexity index is 756. The first-order chi connectivity index (χ1) is 12.5. The van der Waals surface area contributed by atoms with E-state index < -0.39 is 5.38 Å². The summed E-state index contributed by atoms with van der Waals surface area (Å²) in [4.78, 5) is 29.1. The molecule has 0 radical (unpaired) electrons. The maximum absolute atomic E-state index is 12.8. The predicted molar refractivity (Wildman–Crippen MR) is 105 cm³/mol. The van der Waals surface area contributed by atoms with Gasteiger partial charge in [0, 0.05) is 48.8 Å². The molecule has 0 spiro atoms. The van der Waals surface area contributed by atoms with Crippen LogP contribution < -0.4 is 0 Å². The molecule has 0 bridgehead atoms. The number of alkyl halides is 1. The topological polar surface area (TPSA) is 40.6 Å². The van der Waals surface area contributed by atoms with Gasteiger partial charge >= 0.3 is 0 Å². The van der Waals surface area contributed by atoms with Crippen molar-refractivity contribution in [3.05, 3.63) is 58.1 Å². The number of allylic oxidation sites excluding steroid dienone is 3. The average molecular weight is 393 g/mol. The monoisotopic (exact) mass is 392 g/mol. The van der Waals surface area contributed by atoms with Crippen molar-refractivity contribution in [2.24, 2.45) is 0 Å². The van der Waals surface area contributed by atoms with Gasteiger partial charge < -0.3 is 9.80 Å². The lowest BCUT2D eigenvalue weighted by molar-refractivity contribution is -0.127. The fraction of sp³-hybridized carbons (Fsp3) is 0.400. The summed E-state index contributed by atoms with van der Waals surface area (Å²) in [6.07, 6.45) is 4.68. The zero-order valence-electron chi connectivity index (χ0n) is 14.8. The van der Waals surface area contributed by atoms with Gasteiger partial charge in [-0.1, -0.05) is 35.4 Å². The van der Waals surface area contributed by atoms with Gasteiger partial charge in [-0.15, -0.1) is 11.6 Å². The first-order valence-corrected chi connectivity index (χ1v) is 9.62. The highest BCUT2D eigenvalue weighted by Gasteiger charge is 2.28. The molecular formula is C20H22Cl2N2O2. The molecule has 0 saturated carbocycles. The van der Waals surface area contributed by atoms with Crippen LogP contribution in [-0.2, 0) is 4.79 Å². The van der Waals surface area contributed by atoms with Crippen LogP contribution in [0.5, 0.6) is 0 Å². The van der Waals surface area contributed by atoms with Crippen molar-refractivity contribution in [1.29, 1.82) is 0 Å². The van der Waals surface area contributed by atoms with Gasteiger partial charge in [-0.2, -0.15) is 0 Å². The van der Waals surface area contributed by atoms with Crippen LogP contribution in [0.25, 0.3) is 0 Å². The number of hydrogen-bond acceptors (Lipinski definition) is 2. The number of benzene rings is 1. The van der Waals surface area contributed by atoms with Crippen LogP contribution in [0.4, 0.5) is 0 Å². The summed E-state index contributed by atoms with van der Waals surface area (Å²) in [5, 5.41) is 0.265. The highest BCUT2D eigenvalue weighted by Crippen LogP contribution is 2.27. The molecule has 1 aliphatic carbocycles. The average Bonchev–Trinajstić information content (AvgIpc) is 2.87. The van der Waals surface area contributed by atoms with E-state index in [1.807, 2.05) is 36.1 Å². The Morgan fingerprint density at radius 2 is 1.58 bits per heavy atom. The van der Waals surface area contributed by atoms with Crippen LogP contribution in [-0.4, -0.2) is 53.2 Å². The molecule has 1 aliphatic heterocycles. The van der Waals surface area contributed by atoms with Gasteiger partial charge in [0.25, 0.3) is 11.8 Å². The number of carbonyl (C=O) groups is 2. The summed E-state index contributed by atoms with van der Waals surface area (Å²) in [5.74, 6) is -0.0452. The Morgan fingerprint density at radius 1 is 0.962 bits per heavy atom. The standard InChI is InChI=1S/C20H22Cl2N2O2/c1-14-3-5-15(6-4-14)19(25)23-9-2-10-24(12-11-23)20(26)17-8-7-16(21)13-18(17)22/h3-8,18H,2,9-13H2,1H3/t18-/m0/s1. The first kappa shape index (κ1) is 19.0. The van der Waals surface area contributed by atoms with Crippen molar-refractivity contribution in [2.75, 3.05) is 26.2 Å². The van der Waals surface area contributed by atoms with Crippen molar-refractivity contribution >= 4 is 35.0 Å². The Labute approximate surface area is 164 Å². The van der Waals surface area contributed by atoms with E-state index >= 15 is 0 Å². The number of amides is 2. The highest BCUT2D eigenvalue weighted by atomic mass is 35.5. The van der Waals surface area contributed by atoms with Crippen LogP contribution in [0.3, 0.4) is 0 Å². The molecule has 0 unspecified atom stereocenters. The summed E-state index contributed by atoms with van der Waals surface area (Å²) in [7, 11) is 0. The van der Waals surface area contributed by atoms with E-state index in [0.29, 0.717) is 48.8 Å². The minimum atomic E-state index is -0.395. The number of carbonyl (C=O) groups excluding carboxylic acids is 2. The summed E-state index contributed by atoms with van der Waals surface area (Å²) < 4.78 is 0. The number of halogens is 2. The Kier molecular flexibility index (Phi) is 6.05. The normalized spacial score (nSPS) is 21.0. The van der Waals surface area contributed by atoms with Crippen molar-refractivity contribution in [2.45, 2.75) is 25.1 Å². The van der Waals surface area contributed by atoms with Crippen molar-refractivity contribution in [3.63, 3.8) is 0 Å². The summed E-state index contributed by atoms with van der Waals surface area (Å²) >= 11 is 12.3. The van der Waals surface area contributed by atoms with Gasteiger partial charge in [0.1, 0.15) is 0 Å². The second-order valence-corrected chi connectivity index (χ2v) is 7.72. The van der Waals surface area contributed by atoms with Gasteiger partial charge in [0.15, 0.2) is 0 Å². The molecular weight excluding hydrogens is 371 g/mol. The summed E-state index contributed by atoms with van der Waals surface area (Å²) in [6, 6.07) is 7.59. The molecule has 4 nitrogen and oxygen atoms in total. The number of hydrogen-bond donors (Lipinski definition) is 0.